The second-order valence-electron chi connectivity index (χ2n) is 17.2. The minimum absolute atomic E-state index is 0.00342. The van der Waals surface area contributed by atoms with Crippen LogP contribution in [0.3, 0.4) is 0 Å². The Labute approximate surface area is 424 Å². The first kappa shape index (κ1) is 63.2. The topological polar surface area (TPSA) is 214 Å². The highest BCUT2D eigenvalue weighted by molar-refractivity contribution is 5.71. The van der Waals surface area contributed by atoms with Crippen LogP contribution in [0.1, 0.15) is 117 Å². The van der Waals surface area contributed by atoms with Gasteiger partial charge in [-0.05, 0) is 89.9 Å². The zero-order valence-electron chi connectivity index (χ0n) is 42.4. The number of hydrogen-bond acceptors (Lipinski definition) is 14. The van der Waals surface area contributed by atoms with Gasteiger partial charge in [-0.3, -0.25) is 4.79 Å². The van der Waals surface area contributed by atoms with Gasteiger partial charge < -0.3 is 64.2 Å². The molecule has 7 N–H and O–H groups in total. The van der Waals surface area contributed by atoms with Crippen molar-refractivity contribution in [1.82, 2.24) is 0 Å². The number of carbonyl (C=O) groups excluding carboxylic acids is 1. The van der Waals surface area contributed by atoms with E-state index in [0.29, 0.717) is 13.0 Å². The third-order valence-corrected chi connectivity index (χ3v) is 11.2. The van der Waals surface area contributed by atoms with Crippen molar-refractivity contribution in [3.05, 3.63) is 134 Å². The molecule has 11 atom stereocenters. The second kappa shape index (κ2) is 42.6. The molecule has 71 heavy (non-hydrogen) atoms. The maximum atomic E-state index is 12.9. The van der Waals surface area contributed by atoms with Gasteiger partial charge in [-0.25, -0.2) is 0 Å². The molecule has 2 aliphatic rings. The second-order valence-corrected chi connectivity index (χ2v) is 17.2. The van der Waals surface area contributed by atoms with Crippen LogP contribution in [0.15, 0.2) is 134 Å². The quantitative estimate of drug-likeness (QED) is 0.0178. The van der Waals surface area contributed by atoms with Gasteiger partial charge in [0.15, 0.2) is 12.6 Å². The van der Waals surface area contributed by atoms with Crippen molar-refractivity contribution in [2.45, 2.75) is 184 Å². The minimum Gasteiger partial charge on any atom is -0.457 e. The highest BCUT2D eigenvalue weighted by Crippen LogP contribution is 2.26. The highest BCUT2D eigenvalue weighted by atomic mass is 16.7. The van der Waals surface area contributed by atoms with E-state index in [1.165, 1.54) is 0 Å². The molecule has 0 aromatic heterocycles. The summed E-state index contributed by atoms with van der Waals surface area (Å²) in [5.41, 5.74) is 0. The lowest BCUT2D eigenvalue weighted by Crippen LogP contribution is -2.61. The molecular weight excluding hydrogens is 909 g/mol. The zero-order valence-corrected chi connectivity index (χ0v) is 42.4. The summed E-state index contributed by atoms with van der Waals surface area (Å²) < 4.78 is 34.1. The molecular formula is C57H88O14. The maximum absolute atomic E-state index is 12.9. The van der Waals surface area contributed by atoms with Crippen LogP contribution in [-0.4, -0.2) is 142 Å². The molecule has 400 valence electrons. The third kappa shape index (κ3) is 30.1. The standard InChI is InChI=1S/C57H88O14/c1-3-5-7-9-11-13-15-17-19-20-21-22-23-24-25-27-29-31-33-35-37-39-41-66-43-46(69-49(59)40-38-36-34-32-30-28-26-18-16-14-12-10-8-6-4-2)44-67-56-55(65)53(63)51(61)48(71-56)45-68-57-54(64)52(62)50(60)47(42-58)70-57/h5-8,11-14,17-19,21-22,24-26,29-32,36,38,46-48,50-58,60-65H,3-4,9-10,15-16,20,23,27-28,33-35,37,39-45H2,1-2H3/b7-5-,8-6-,13-11-,14-12-,19-17-,22-21-,25-24-,26-18-,31-29-,32-30-,38-36-. The molecule has 2 fully saturated rings. The number of allylic oxidation sites excluding steroid dienone is 21. The molecule has 0 radical (unpaired) electrons. The van der Waals surface area contributed by atoms with Crippen LogP contribution >= 0.6 is 0 Å². The summed E-state index contributed by atoms with van der Waals surface area (Å²) >= 11 is 0. The van der Waals surface area contributed by atoms with E-state index in [1.807, 2.05) is 12.2 Å². The predicted octanol–water partition coefficient (Wildman–Crippen LogP) is 7.96. The van der Waals surface area contributed by atoms with Gasteiger partial charge in [-0.2, -0.15) is 0 Å². The van der Waals surface area contributed by atoms with Gasteiger partial charge in [0.2, 0.25) is 0 Å². The summed E-state index contributed by atoms with van der Waals surface area (Å²) in [4.78, 5) is 12.9. The number of unbranched alkanes of at least 4 members (excludes halogenated alkanes) is 3. The molecule has 0 aromatic rings. The molecule has 0 amide bonds. The molecule has 2 aliphatic heterocycles. The molecule has 14 heteroatoms. The SMILES string of the molecule is CC/C=C\C/C=C\C/C=C\C/C=C\C/C=C\C/C=C\CCCCCOCC(COC1OC(COC2OC(CO)C(O)C(O)C2O)C(O)C(O)C1O)OC(=O)C/C=C\C/C=C\C/C=C\C/C=C\C/C=C\CC. The molecule has 14 nitrogen and oxygen atoms in total. The van der Waals surface area contributed by atoms with E-state index in [4.69, 9.17) is 28.4 Å². The Morgan fingerprint density at radius 2 is 0.873 bits per heavy atom. The fraction of sp³-hybridized carbons (Fsp3) is 0.596. The summed E-state index contributed by atoms with van der Waals surface area (Å²) in [5.74, 6) is -0.522. The summed E-state index contributed by atoms with van der Waals surface area (Å²) in [7, 11) is 0. The Morgan fingerprint density at radius 3 is 1.34 bits per heavy atom. The molecule has 0 aromatic carbocycles. The van der Waals surface area contributed by atoms with Crippen molar-refractivity contribution in [3.8, 4) is 0 Å². The number of esters is 1. The molecule has 0 bridgehead atoms. The molecule has 11 unspecified atom stereocenters. The summed E-state index contributed by atoms with van der Waals surface area (Å²) in [5, 5.41) is 72.1. The lowest BCUT2D eigenvalue weighted by Gasteiger charge is -2.42. The minimum atomic E-state index is -1.74. The predicted molar refractivity (Wildman–Crippen MR) is 279 cm³/mol. The monoisotopic (exact) mass is 997 g/mol. The van der Waals surface area contributed by atoms with Crippen LogP contribution in [0.25, 0.3) is 0 Å². The maximum Gasteiger partial charge on any atom is 0.310 e. The van der Waals surface area contributed by atoms with E-state index >= 15 is 0 Å². The Bertz CT molecular complexity index is 1680. The largest absolute Gasteiger partial charge is 0.457 e. The summed E-state index contributed by atoms with van der Waals surface area (Å²) in [6, 6.07) is 0. The van der Waals surface area contributed by atoms with E-state index in [1.54, 1.807) is 6.08 Å². The first-order valence-corrected chi connectivity index (χ1v) is 25.8. The zero-order chi connectivity index (χ0) is 51.6. The Hall–Kier alpha value is -3.87. The van der Waals surface area contributed by atoms with E-state index in [-0.39, 0.29) is 19.6 Å². The smallest absolute Gasteiger partial charge is 0.310 e. The molecule has 0 spiro atoms. The lowest BCUT2D eigenvalue weighted by molar-refractivity contribution is -0.332. The van der Waals surface area contributed by atoms with Crippen molar-refractivity contribution < 1.29 is 69.0 Å². The number of hydrogen-bond donors (Lipinski definition) is 7. The van der Waals surface area contributed by atoms with Gasteiger partial charge in [-0.15, -0.1) is 0 Å². The molecule has 2 rings (SSSR count). The van der Waals surface area contributed by atoms with Crippen molar-refractivity contribution in [2.24, 2.45) is 0 Å². The number of ether oxygens (including phenoxy) is 6. The van der Waals surface area contributed by atoms with E-state index < -0.39 is 86.7 Å². The first-order valence-electron chi connectivity index (χ1n) is 25.8. The van der Waals surface area contributed by atoms with Crippen LogP contribution in [-0.2, 0) is 33.2 Å². The average molecular weight is 997 g/mol. The van der Waals surface area contributed by atoms with Crippen molar-refractivity contribution in [2.75, 3.05) is 33.0 Å². The van der Waals surface area contributed by atoms with Gasteiger partial charge in [-0.1, -0.05) is 154 Å². The average Bonchev–Trinajstić information content (AvgIpc) is 3.37. The fourth-order valence-corrected chi connectivity index (χ4v) is 7.07. The van der Waals surface area contributed by atoms with Gasteiger partial charge in [0.1, 0.15) is 54.9 Å². The third-order valence-electron chi connectivity index (χ3n) is 11.2. The van der Waals surface area contributed by atoms with Crippen molar-refractivity contribution >= 4 is 5.97 Å². The number of rotatable bonds is 38. The number of aliphatic hydroxyl groups is 7. The van der Waals surface area contributed by atoms with Crippen LogP contribution in [0.4, 0.5) is 0 Å². The Balaban J connectivity index is 1.82. The Kier molecular flexibility index (Phi) is 38.0. The van der Waals surface area contributed by atoms with Crippen molar-refractivity contribution in [1.29, 1.82) is 0 Å². The van der Waals surface area contributed by atoms with Gasteiger partial charge in [0, 0.05) is 6.61 Å². The van der Waals surface area contributed by atoms with Gasteiger partial charge in [0.05, 0.1) is 32.8 Å². The molecule has 2 heterocycles. The number of carbonyl (C=O) groups is 1. The highest BCUT2D eigenvalue weighted by Gasteiger charge is 2.47. The molecule has 0 saturated carbocycles. The van der Waals surface area contributed by atoms with Crippen LogP contribution in [0.2, 0.25) is 0 Å². The lowest BCUT2D eigenvalue weighted by atomic mass is 9.98. The van der Waals surface area contributed by atoms with Crippen molar-refractivity contribution in [3.63, 3.8) is 0 Å². The normalized spacial score (nSPS) is 26.4. The van der Waals surface area contributed by atoms with Gasteiger partial charge >= 0.3 is 5.97 Å². The van der Waals surface area contributed by atoms with E-state index in [0.717, 1.165) is 89.9 Å². The van der Waals surface area contributed by atoms with Crippen LogP contribution < -0.4 is 0 Å². The fourth-order valence-electron chi connectivity index (χ4n) is 7.07. The molecule has 2 saturated heterocycles. The Morgan fingerprint density at radius 1 is 0.465 bits per heavy atom. The van der Waals surface area contributed by atoms with Crippen LogP contribution in [0.5, 0.6) is 0 Å². The first-order chi connectivity index (χ1) is 34.6. The van der Waals surface area contributed by atoms with Crippen LogP contribution in [0, 0.1) is 0 Å². The van der Waals surface area contributed by atoms with Gasteiger partial charge in [0.25, 0.3) is 0 Å². The summed E-state index contributed by atoms with van der Waals surface area (Å²) in [6.07, 6.45) is 44.0. The van der Waals surface area contributed by atoms with E-state index in [2.05, 4.69) is 129 Å². The molecule has 0 aliphatic carbocycles. The number of aliphatic hydroxyl groups excluding tert-OH is 7. The summed E-state index contributed by atoms with van der Waals surface area (Å²) in [6.45, 7) is 3.19. The van der Waals surface area contributed by atoms with E-state index in [9.17, 15) is 40.5 Å².